The van der Waals surface area contributed by atoms with E-state index in [1.54, 1.807) is 60.7 Å². The summed E-state index contributed by atoms with van der Waals surface area (Å²) in [5, 5.41) is 17.8. The number of amides is 3. The second kappa shape index (κ2) is 19.4. The number of rotatable bonds is 12. The van der Waals surface area contributed by atoms with Crippen LogP contribution in [0.3, 0.4) is 0 Å². The van der Waals surface area contributed by atoms with Gasteiger partial charge in [0.05, 0.1) is 18.6 Å². The van der Waals surface area contributed by atoms with Crippen LogP contribution in [0.25, 0.3) is 0 Å². The number of hydrogen-bond donors (Lipinski definition) is 4. The van der Waals surface area contributed by atoms with Crippen LogP contribution >= 0.6 is 0 Å². The number of ether oxygens (including phenoxy) is 3. The van der Waals surface area contributed by atoms with Crippen molar-refractivity contribution in [1.82, 2.24) is 16.0 Å². The third-order valence-electron chi connectivity index (χ3n) is 7.68. The van der Waals surface area contributed by atoms with Crippen LogP contribution in [0.15, 0.2) is 103 Å². The summed E-state index contributed by atoms with van der Waals surface area (Å²) in [7, 11) is 0. The van der Waals surface area contributed by atoms with Gasteiger partial charge in [-0.25, -0.2) is 14.4 Å². The maximum absolute atomic E-state index is 13.5. The summed E-state index contributed by atoms with van der Waals surface area (Å²) in [6, 6.07) is 24.1. The molecule has 0 aromatic heterocycles. The van der Waals surface area contributed by atoms with Crippen molar-refractivity contribution in [3.05, 3.63) is 120 Å². The number of alkyl carbamates (subject to hydrolysis) is 1. The van der Waals surface area contributed by atoms with Gasteiger partial charge in [-0.1, -0.05) is 103 Å². The van der Waals surface area contributed by atoms with Gasteiger partial charge in [0, 0.05) is 6.42 Å². The summed E-state index contributed by atoms with van der Waals surface area (Å²) >= 11 is 0. The Morgan fingerprint density at radius 2 is 1.39 bits per heavy atom. The van der Waals surface area contributed by atoms with E-state index in [1.807, 2.05) is 42.5 Å². The van der Waals surface area contributed by atoms with Crippen LogP contribution in [0.5, 0.6) is 0 Å². The smallest absolute Gasteiger partial charge is 0.408 e. The van der Waals surface area contributed by atoms with Crippen LogP contribution in [-0.4, -0.2) is 66.3 Å². The lowest BCUT2D eigenvalue weighted by atomic mass is 9.97. The van der Waals surface area contributed by atoms with Gasteiger partial charge in [0.2, 0.25) is 11.8 Å². The van der Waals surface area contributed by atoms with E-state index < -0.39 is 60.5 Å². The molecule has 12 heteroatoms. The highest BCUT2D eigenvalue weighted by molar-refractivity contribution is 5.90. The quantitative estimate of drug-likeness (QED) is 0.128. The Hall–Kier alpha value is -5.49. The summed E-state index contributed by atoms with van der Waals surface area (Å²) in [5.74, 6) is -3.71. The predicted octanol–water partition coefficient (Wildman–Crippen LogP) is 3.13. The molecule has 0 aliphatic carbocycles. The molecular formula is C37H41N3O9. The molecule has 4 rings (SSSR count). The fourth-order valence-corrected chi connectivity index (χ4v) is 5.02. The minimum Gasteiger partial charge on any atom is -0.461 e. The lowest BCUT2D eigenvalue weighted by Gasteiger charge is -2.24. The molecule has 1 heterocycles. The lowest BCUT2D eigenvalue weighted by Crippen LogP contribution is -2.50. The molecule has 0 spiro atoms. The van der Waals surface area contributed by atoms with Gasteiger partial charge in [0.1, 0.15) is 25.9 Å². The van der Waals surface area contributed by atoms with Crippen molar-refractivity contribution in [2.24, 2.45) is 5.92 Å². The molecule has 12 nitrogen and oxygen atoms in total. The summed E-state index contributed by atoms with van der Waals surface area (Å²) in [4.78, 5) is 65.4. The summed E-state index contributed by atoms with van der Waals surface area (Å²) in [6.45, 7) is -0.990. The number of carbonyl (C=O) groups is 5. The van der Waals surface area contributed by atoms with Crippen molar-refractivity contribution in [3.63, 3.8) is 0 Å². The van der Waals surface area contributed by atoms with Crippen LogP contribution in [0.1, 0.15) is 36.0 Å². The van der Waals surface area contributed by atoms with Crippen molar-refractivity contribution in [3.8, 4) is 0 Å². The molecule has 0 radical (unpaired) electrons. The first-order chi connectivity index (χ1) is 23.8. The SMILES string of the molecule is O=C(C[C@H]1CC=CC[C@@H](NC(=O)OCc2ccccc2)C(=O)OC[C@H](C(=O)OCc2ccccc2)NC1=O)N[C@H](CO)Cc1ccccc1. The predicted molar refractivity (Wildman–Crippen MR) is 178 cm³/mol. The number of allylic oxidation sites excluding steroid dienone is 1. The third kappa shape index (κ3) is 12.6. The fraction of sp³-hybridized carbons (Fsp3) is 0.324. The number of nitrogens with one attached hydrogen (secondary N) is 3. The number of aliphatic hydroxyl groups excluding tert-OH is 1. The van der Waals surface area contributed by atoms with Crippen molar-refractivity contribution in [1.29, 1.82) is 0 Å². The first-order valence-corrected chi connectivity index (χ1v) is 16.0. The van der Waals surface area contributed by atoms with Gasteiger partial charge in [-0.05, 0) is 36.0 Å². The average Bonchev–Trinajstić information content (AvgIpc) is 3.12. The molecule has 0 unspecified atom stereocenters. The highest BCUT2D eigenvalue weighted by Gasteiger charge is 2.31. The van der Waals surface area contributed by atoms with E-state index in [2.05, 4.69) is 16.0 Å². The van der Waals surface area contributed by atoms with E-state index in [-0.39, 0.29) is 39.1 Å². The molecule has 4 N–H and O–H groups in total. The third-order valence-corrected chi connectivity index (χ3v) is 7.68. The molecule has 3 aromatic rings. The zero-order valence-electron chi connectivity index (χ0n) is 27.0. The lowest BCUT2D eigenvalue weighted by molar-refractivity contribution is -0.156. The van der Waals surface area contributed by atoms with E-state index in [9.17, 15) is 29.1 Å². The van der Waals surface area contributed by atoms with E-state index in [0.29, 0.717) is 12.0 Å². The van der Waals surface area contributed by atoms with Crippen LogP contribution < -0.4 is 16.0 Å². The van der Waals surface area contributed by atoms with Crippen LogP contribution in [-0.2, 0) is 53.0 Å². The van der Waals surface area contributed by atoms with Gasteiger partial charge in [-0.15, -0.1) is 0 Å². The summed E-state index contributed by atoms with van der Waals surface area (Å²) in [6.07, 6.45) is 2.58. The maximum atomic E-state index is 13.5. The number of cyclic esters (lactones) is 1. The van der Waals surface area contributed by atoms with E-state index in [4.69, 9.17) is 14.2 Å². The number of benzene rings is 3. The van der Waals surface area contributed by atoms with Crippen molar-refractivity contribution in [2.45, 2.75) is 57.0 Å². The Morgan fingerprint density at radius 1 is 0.816 bits per heavy atom. The van der Waals surface area contributed by atoms with Crippen molar-refractivity contribution in [2.75, 3.05) is 13.2 Å². The van der Waals surface area contributed by atoms with Crippen molar-refractivity contribution < 1.29 is 43.3 Å². The zero-order valence-corrected chi connectivity index (χ0v) is 27.0. The first-order valence-electron chi connectivity index (χ1n) is 16.0. The highest BCUT2D eigenvalue weighted by atomic mass is 16.6. The zero-order chi connectivity index (χ0) is 34.8. The number of aliphatic hydroxyl groups is 1. The van der Waals surface area contributed by atoms with Crippen LogP contribution in [0.2, 0.25) is 0 Å². The van der Waals surface area contributed by atoms with E-state index in [1.165, 1.54) is 0 Å². The van der Waals surface area contributed by atoms with E-state index >= 15 is 0 Å². The Balaban J connectivity index is 1.45. The minimum atomic E-state index is -1.40. The Kier molecular flexibility index (Phi) is 14.4. The summed E-state index contributed by atoms with van der Waals surface area (Å²) < 4.78 is 16.1. The molecule has 0 fully saturated rings. The molecule has 258 valence electrons. The number of esters is 2. The molecule has 0 bridgehead atoms. The van der Waals surface area contributed by atoms with Gasteiger partial charge in [0.15, 0.2) is 6.04 Å². The molecule has 0 saturated heterocycles. The van der Waals surface area contributed by atoms with Gasteiger partial charge < -0.3 is 35.3 Å². The molecule has 1 aliphatic heterocycles. The molecule has 3 amide bonds. The average molecular weight is 672 g/mol. The van der Waals surface area contributed by atoms with E-state index in [0.717, 1.165) is 11.1 Å². The maximum Gasteiger partial charge on any atom is 0.408 e. The van der Waals surface area contributed by atoms with Gasteiger partial charge in [-0.2, -0.15) is 0 Å². The van der Waals surface area contributed by atoms with Crippen LogP contribution in [0, 0.1) is 5.92 Å². The van der Waals surface area contributed by atoms with Crippen LogP contribution in [0.4, 0.5) is 4.79 Å². The minimum absolute atomic E-state index is 0.00735. The molecule has 4 atom stereocenters. The Labute approximate surface area is 284 Å². The van der Waals surface area contributed by atoms with Gasteiger partial charge in [0.25, 0.3) is 0 Å². The van der Waals surface area contributed by atoms with Gasteiger partial charge in [-0.3, -0.25) is 9.59 Å². The molecule has 49 heavy (non-hydrogen) atoms. The summed E-state index contributed by atoms with van der Waals surface area (Å²) in [5.41, 5.74) is 2.39. The highest BCUT2D eigenvalue weighted by Crippen LogP contribution is 2.15. The Bertz CT molecular complexity index is 1550. The standard InChI is InChI=1S/C37H41N3O9/c41-22-30(20-26-12-4-1-5-13-26)38-33(42)21-29-18-10-11-19-31(40-37(46)49-24-28-16-8-3-9-17-28)35(44)48-25-32(39-34(29)43)36(45)47-23-27-14-6-2-7-15-27/h1-17,29-32,41H,18-25H2,(H,38,42)(H,39,43)(H,40,46)/t29-,30+,31-,32-/m1/s1. The first kappa shape index (κ1) is 36.3. The largest absolute Gasteiger partial charge is 0.461 e. The fourth-order valence-electron chi connectivity index (χ4n) is 5.02. The number of carbonyl (C=O) groups excluding carboxylic acids is 5. The topological polar surface area (TPSA) is 169 Å². The molecular weight excluding hydrogens is 630 g/mol. The second-order valence-electron chi connectivity index (χ2n) is 11.5. The molecule has 1 aliphatic rings. The van der Waals surface area contributed by atoms with Crippen molar-refractivity contribution >= 4 is 29.8 Å². The molecule has 0 saturated carbocycles. The number of hydrogen-bond acceptors (Lipinski definition) is 9. The monoisotopic (exact) mass is 671 g/mol. The normalized spacial score (nSPS) is 18.8. The van der Waals surface area contributed by atoms with Gasteiger partial charge >= 0.3 is 18.0 Å². The second-order valence-corrected chi connectivity index (χ2v) is 11.5. The Morgan fingerprint density at radius 3 is 2.00 bits per heavy atom. The molecule has 3 aromatic carbocycles.